The van der Waals surface area contributed by atoms with Crippen LogP contribution in [0.2, 0.25) is 0 Å². The maximum Gasteiger partial charge on any atom is 0.166 e. The molecule has 0 atom stereocenters. The molecule has 0 N–H and O–H groups in total. The first kappa shape index (κ1) is 11.1. The van der Waals surface area contributed by atoms with E-state index in [2.05, 4.69) is 0 Å². The predicted molar refractivity (Wildman–Crippen MR) is 62.1 cm³/mol. The highest BCUT2D eigenvalue weighted by molar-refractivity contribution is 5.69. The quantitative estimate of drug-likeness (QED) is 0.658. The molecule has 84 valence electrons. The van der Waals surface area contributed by atoms with Crippen LogP contribution in [0.25, 0.3) is 5.57 Å². The van der Waals surface area contributed by atoms with E-state index < -0.39 is 11.6 Å². The summed E-state index contributed by atoms with van der Waals surface area (Å²) >= 11 is 0. The fourth-order valence-electron chi connectivity index (χ4n) is 1.86. The summed E-state index contributed by atoms with van der Waals surface area (Å²) in [5, 5.41) is 0. The van der Waals surface area contributed by atoms with Crippen molar-refractivity contribution < 1.29 is 8.78 Å². The fraction of sp³-hybridized carbons (Fsp3) is 0.286. The van der Waals surface area contributed by atoms with E-state index in [0.717, 1.165) is 18.4 Å². The van der Waals surface area contributed by atoms with Crippen molar-refractivity contribution in [2.45, 2.75) is 26.7 Å². The maximum atomic E-state index is 13.7. The van der Waals surface area contributed by atoms with Gasteiger partial charge in [-0.05, 0) is 37.8 Å². The predicted octanol–water partition coefficient (Wildman–Crippen LogP) is 4.40. The number of benzene rings is 1. The molecule has 0 fully saturated rings. The molecule has 0 bridgehead atoms. The van der Waals surface area contributed by atoms with Crippen LogP contribution in [0.1, 0.15) is 30.9 Å². The van der Waals surface area contributed by atoms with Gasteiger partial charge in [0.05, 0.1) is 0 Å². The summed E-state index contributed by atoms with van der Waals surface area (Å²) in [4.78, 5) is 0. The largest absolute Gasteiger partial charge is 0.203 e. The van der Waals surface area contributed by atoms with E-state index in [9.17, 15) is 8.78 Å². The number of rotatable bonds is 1. The van der Waals surface area contributed by atoms with Crippen LogP contribution in [-0.4, -0.2) is 0 Å². The molecule has 1 aliphatic rings. The average molecular weight is 220 g/mol. The third kappa shape index (κ3) is 1.92. The molecular weight excluding hydrogens is 206 g/mol. The maximum absolute atomic E-state index is 13.7. The molecule has 0 radical (unpaired) electrons. The highest BCUT2D eigenvalue weighted by Crippen LogP contribution is 2.29. The Kier molecular flexibility index (Phi) is 2.90. The lowest BCUT2D eigenvalue weighted by molar-refractivity contribution is 0.500. The van der Waals surface area contributed by atoms with Gasteiger partial charge in [-0.25, -0.2) is 8.78 Å². The monoisotopic (exact) mass is 220 g/mol. The van der Waals surface area contributed by atoms with Gasteiger partial charge in [0.2, 0.25) is 0 Å². The van der Waals surface area contributed by atoms with Gasteiger partial charge in [-0.3, -0.25) is 0 Å². The first-order valence-corrected chi connectivity index (χ1v) is 5.41. The Morgan fingerprint density at radius 1 is 0.938 bits per heavy atom. The van der Waals surface area contributed by atoms with Crippen molar-refractivity contribution in [1.29, 1.82) is 0 Å². The second kappa shape index (κ2) is 4.20. The molecule has 2 rings (SSSR count). The Hall–Kier alpha value is -1.44. The zero-order chi connectivity index (χ0) is 11.7. The van der Waals surface area contributed by atoms with Crippen LogP contribution in [0.4, 0.5) is 8.78 Å². The first-order valence-electron chi connectivity index (χ1n) is 5.41. The van der Waals surface area contributed by atoms with Gasteiger partial charge in [0.1, 0.15) is 0 Å². The van der Waals surface area contributed by atoms with E-state index in [-0.39, 0.29) is 0 Å². The summed E-state index contributed by atoms with van der Waals surface area (Å²) in [7, 11) is 0. The van der Waals surface area contributed by atoms with Gasteiger partial charge < -0.3 is 0 Å². The van der Waals surface area contributed by atoms with E-state index in [4.69, 9.17) is 0 Å². The smallest absolute Gasteiger partial charge is 0.166 e. The van der Waals surface area contributed by atoms with Crippen molar-refractivity contribution >= 4 is 5.57 Å². The molecule has 0 saturated carbocycles. The molecule has 1 aromatic carbocycles. The van der Waals surface area contributed by atoms with Crippen molar-refractivity contribution in [3.8, 4) is 0 Å². The normalized spacial score (nSPS) is 15.8. The van der Waals surface area contributed by atoms with Gasteiger partial charge in [0.15, 0.2) is 11.6 Å². The lowest BCUT2D eigenvalue weighted by atomic mass is 9.93. The lowest BCUT2D eigenvalue weighted by Gasteiger charge is -2.13. The summed E-state index contributed by atoms with van der Waals surface area (Å²) in [6.07, 6.45) is 5.55. The Balaban J connectivity index is 2.46. The second-order valence-electron chi connectivity index (χ2n) is 4.26. The van der Waals surface area contributed by atoms with Gasteiger partial charge >= 0.3 is 0 Å². The highest BCUT2D eigenvalue weighted by atomic mass is 19.2. The molecular formula is C14H14F2. The molecule has 0 saturated heterocycles. The minimum absolute atomic E-state index is 0.351. The summed E-state index contributed by atoms with van der Waals surface area (Å²) in [5.74, 6) is -1.45. The number of halogens is 2. The number of allylic oxidation sites excluding steroid dienone is 4. The first-order chi connectivity index (χ1) is 7.59. The standard InChI is InChI=1S/C14H14F2/c1-9-3-6-11(7-4-9)12-8-5-10(2)13(15)14(12)16/h3,5-6,8H,4,7H2,1-2H3. The molecule has 0 aromatic heterocycles. The van der Waals surface area contributed by atoms with Crippen LogP contribution in [0.15, 0.2) is 29.9 Å². The molecule has 0 spiro atoms. The van der Waals surface area contributed by atoms with E-state index >= 15 is 0 Å². The minimum Gasteiger partial charge on any atom is -0.203 e. The average Bonchev–Trinajstić information content (AvgIpc) is 2.28. The Bertz CT molecular complexity index is 482. The lowest BCUT2D eigenvalue weighted by Crippen LogP contribution is -1.98. The van der Waals surface area contributed by atoms with Gasteiger partial charge in [0.25, 0.3) is 0 Å². The third-order valence-electron chi connectivity index (χ3n) is 2.98. The molecule has 0 unspecified atom stereocenters. The zero-order valence-corrected chi connectivity index (χ0v) is 9.48. The van der Waals surface area contributed by atoms with Crippen molar-refractivity contribution in [2.75, 3.05) is 0 Å². The van der Waals surface area contributed by atoms with Crippen molar-refractivity contribution in [3.63, 3.8) is 0 Å². The summed E-state index contributed by atoms with van der Waals surface area (Å²) in [6.45, 7) is 3.61. The molecule has 16 heavy (non-hydrogen) atoms. The number of hydrogen-bond acceptors (Lipinski definition) is 0. The molecule has 2 heteroatoms. The van der Waals surface area contributed by atoms with Gasteiger partial charge in [-0.1, -0.05) is 29.9 Å². The summed E-state index contributed by atoms with van der Waals surface area (Å²) in [5.41, 5.74) is 2.90. The van der Waals surface area contributed by atoms with Crippen molar-refractivity contribution in [2.24, 2.45) is 0 Å². The Labute approximate surface area is 94.3 Å². The molecule has 0 amide bonds. The fourth-order valence-corrected chi connectivity index (χ4v) is 1.86. The Morgan fingerprint density at radius 3 is 2.31 bits per heavy atom. The zero-order valence-electron chi connectivity index (χ0n) is 9.48. The number of aryl methyl sites for hydroxylation is 1. The SMILES string of the molecule is CC1=CC=C(c2ccc(C)c(F)c2F)CC1. The van der Waals surface area contributed by atoms with E-state index in [1.54, 1.807) is 19.1 Å². The van der Waals surface area contributed by atoms with Gasteiger partial charge in [-0.15, -0.1) is 0 Å². The van der Waals surface area contributed by atoms with Gasteiger partial charge in [-0.2, -0.15) is 0 Å². The third-order valence-corrected chi connectivity index (χ3v) is 2.98. The van der Waals surface area contributed by atoms with Crippen LogP contribution in [0.5, 0.6) is 0 Å². The van der Waals surface area contributed by atoms with Gasteiger partial charge in [0, 0.05) is 5.56 Å². The van der Waals surface area contributed by atoms with E-state index in [0.29, 0.717) is 11.1 Å². The summed E-state index contributed by atoms with van der Waals surface area (Å²) in [6, 6.07) is 3.29. The topological polar surface area (TPSA) is 0 Å². The molecule has 0 heterocycles. The highest BCUT2D eigenvalue weighted by Gasteiger charge is 2.15. The molecule has 1 aromatic rings. The van der Waals surface area contributed by atoms with E-state index in [1.165, 1.54) is 5.57 Å². The van der Waals surface area contributed by atoms with Crippen LogP contribution < -0.4 is 0 Å². The Morgan fingerprint density at radius 2 is 1.69 bits per heavy atom. The number of hydrogen-bond donors (Lipinski definition) is 0. The minimum atomic E-state index is -0.732. The van der Waals surface area contributed by atoms with Crippen LogP contribution in [0, 0.1) is 18.6 Å². The van der Waals surface area contributed by atoms with E-state index in [1.807, 2.05) is 19.1 Å². The van der Waals surface area contributed by atoms with Crippen molar-refractivity contribution in [3.05, 3.63) is 52.6 Å². The van der Waals surface area contributed by atoms with Crippen LogP contribution in [0.3, 0.4) is 0 Å². The molecule has 1 aliphatic carbocycles. The van der Waals surface area contributed by atoms with Crippen LogP contribution in [-0.2, 0) is 0 Å². The molecule has 0 nitrogen and oxygen atoms in total. The van der Waals surface area contributed by atoms with Crippen molar-refractivity contribution in [1.82, 2.24) is 0 Å². The second-order valence-corrected chi connectivity index (χ2v) is 4.26. The molecule has 0 aliphatic heterocycles. The van der Waals surface area contributed by atoms with Crippen LogP contribution >= 0.6 is 0 Å². The summed E-state index contributed by atoms with van der Waals surface area (Å²) < 4.78 is 27.1.